The standard InChI is InChI=1S/C15H15ClN2O3/c1-10-8-11(21-2)6-7-14(10)17-9-12-13(16)4-3-5-15(12)18(19)20/h3-8,17H,9H2,1-2H3. The van der Waals surface area contributed by atoms with Crippen LogP contribution in [0.1, 0.15) is 11.1 Å². The summed E-state index contributed by atoms with van der Waals surface area (Å²) >= 11 is 6.06. The van der Waals surface area contributed by atoms with Gasteiger partial charge in [-0.15, -0.1) is 0 Å². The van der Waals surface area contributed by atoms with E-state index in [1.807, 2.05) is 25.1 Å². The molecule has 0 bridgehead atoms. The number of nitro groups is 1. The molecule has 1 N–H and O–H groups in total. The van der Waals surface area contributed by atoms with Crippen molar-refractivity contribution in [3.8, 4) is 5.75 Å². The minimum Gasteiger partial charge on any atom is -0.497 e. The van der Waals surface area contributed by atoms with Crippen LogP contribution in [0.25, 0.3) is 0 Å². The molecular weight excluding hydrogens is 292 g/mol. The van der Waals surface area contributed by atoms with Gasteiger partial charge >= 0.3 is 0 Å². The molecule has 0 unspecified atom stereocenters. The zero-order chi connectivity index (χ0) is 15.4. The molecule has 5 nitrogen and oxygen atoms in total. The lowest BCUT2D eigenvalue weighted by molar-refractivity contribution is -0.385. The highest BCUT2D eigenvalue weighted by Crippen LogP contribution is 2.28. The fourth-order valence-corrected chi connectivity index (χ4v) is 2.27. The summed E-state index contributed by atoms with van der Waals surface area (Å²) < 4.78 is 5.14. The smallest absolute Gasteiger partial charge is 0.275 e. The van der Waals surface area contributed by atoms with E-state index in [0.717, 1.165) is 17.0 Å². The van der Waals surface area contributed by atoms with Gasteiger partial charge in [0.15, 0.2) is 0 Å². The van der Waals surface area contributed by atoms with E-state index in [1.54, 1.807) is 19.2 Å². The molecule has 0 fully saturated rings. The molecule has 0 aliphatic carbocycles. The Kier molecular flexibility index (Phi) is 4.65. The van der Waals surface area contributed by atoms with Gasteiger partial charge in [0.1, 0.15) is 5.75 Å². The minimum atomic E-state index is -0.427. The third-order valence-corrected chi connectivity index (χ3v) is 3.53. The molecule has 0 atom stereocenters. The quantitative estimate of drug-likeness (QED) is 0.665. The monoisotopic (exact) mass is 306 g/mol. The number of aryl methyl sites for hydroxylation is 1. The molecule has 0 aromatic heterocycles. The Morgan fingerprint density at radius 3 is 2.71 bits per heavy atom. The maximum atomic E-state index is 11.0. The highest BCUT2D eigenvalue weighted by atomic mass is 35.5. The Morgan fingerprint density at radius 2 is 2.10 bits per heavy atom. The van der Waals surface area contributed by atoms with Crippen molar-refractivity contribution in [1.29, 1.82) is 0 Å². The summed E-state index contributed by atoms with van der Waals surface area (Å²) in [6, 6.07) is 10.3. The first-order valence-electron chi connectivity index (χ1n) is 6.33. The summed E-state index contributed by atoms with van der Waals surface area (Å²) in [5.41, 5.74) is 2.36. The van der Waals surface area contributed by atoms with Gasteiger partial charge in [-0.1, -0.05) is 17.7 Å². The lowest BCUT2D eigenvalue weighted by atomic mass is 10.1. The van der Waals surface area contributed by atoms with Crippen molar-refractivity contribution in [3.63, 3.8) is 0 Å². The molecule has 0 spiro atoms. The van der Waals surface area contributed by atoms with E-state index < -0.39 is 4.92 Å². The van der Waals surface area contributed by atoms with Crippen molar-refractivity contribution in [1.82, 2.24) is 0 Å². The number of rotatable bonds is 5. The molecule has 2 aromatic carbocycles. The fraction of sp³-hybridized carbons (Fsp3) is 0.200. The third kappa shape index (κ3) is 3.44. The fourth-order valence-electron chi connectivity index (χ4n) is 2.04. The molecule has 0 radical (unpaired) electrons. The molecule has 0 aliphatic rings. The summed E-state index contributed by atoms with van der Waals surface area (Å²) in [4.78, 5) is 10.6. The van der Waals surface area contributed by atoms with Crippen LogP contribution in [0, 0.1) is 17.0 Å². The van der Waals surface area contributed by atoms with Crippen LogP contribution in [0.2, 0.25) is 5.02 Å². The van der Waals surface area contributed by atoms with E-state index in [9.17, 15) is 10.1 Å². The van der Waals surface area contributed by atoms with Crippen LogP contribution in [0.3, 0.4) is 0 Å². The maximum absolute atomic E-state index is 11.0. The molecule has 110 valence electrons. The van der Waals surface area contributed by atoms with Gasteiger partial charge in [0.05, 0.1) is 22.6 Å². The number of hydrogen-bond acceptors (Lipinski definition) is 4. The van der Waals surface area contributed by atoms with Gasteiger partial charge in [0.2, 0.25) is 0 Å². The van der Waals surface area contributed by atoms with Crippen molar-refractivity contribution in [2.45, 2.75) is 13.5 Å². The number of halogens is 1. The van der Waals surface area contributed by atoms with Crippen molar-refractivity contribution in [3.05, 3.63) is 62.7 Å². The van der Waals surface area contributed by atoms with Gasteiger partial charge in [-0.25, -0.2) is 0 Å². The van der Waals surface area contributed by atoms with Crippen molar-refractivity contribution in [2.75, 3.05) is 12.4 Å². The maximum Gasteiger partial charge on any atom is 0.275 e. The van der Waals surface area contributed by atoms with Crippen LogP contribution < -0.4 is 10.1 Å². The zero-order valence-corrected chi connectivity index (χ0v) is 12.5. The molecule has 2 rings (SSSR count). The predicted octanol–water partition coefficient (Wildman–Crippen LogP) is 4.18. The van der Waals surface area contributed by atoms with Crippen LogP contribution in [0.15, 0.2) is 36.4 Å². The van der Waals surface area contributed by atoms with Crippen LogP contribution in [0.4, 0.5) is 11.4 Å². The van der Waals surface area contributed by atoms with Crippen molar-refractivity contribution < 1.29 is 9.66 Å². The highest BCUT2D eigenvalue weighted by Gasteiger charge is 2.16. The SMILES string of the molecule is COc1ccc(NCc2c(Cl)cccc2[N+](=O)[O-])c(C)c1. The third-order valence-electron chi connectivity index (χ3n) is 3.18. The average molecular weight is 307 g/mol. The first-order valence-corrected chi connectivity index (χ1v) is 6.71. The van der Waals surface area contributed by atoms with Crippen molar-refractivity contribution in [2.24, 2.45) is 0 Å². The highest BCUT2D eigenvalue weighted by molar-refractivity contribution is 6.31. The van der Waals surface area contributed by atoms with E-state index in [0.29, 0.717) is 10.6 Å². The van der Waals surface area contributed by atoms with Crippen molar-refractivity contribution >= 4 is 23.0 Å². The first-order chi connectivity index (χ1) is 10.0. The van der Waals surface area contributed by atoms with E-state index >= 15 is 0 Å². The molecule has 0 amide bonds. The number of hydrogen-bond donors (Lipinski definition) is 1. The number of nitrogens with zero attached hydrogens (tertiary/aromatic N) is 1. The van der Waals surface area contributed by atoms with E-state index in [2.05, 4.69) is 5.32 Å². The topological polar surface area (TPSA) is 64.4 Å². The number of methoxy groups -OCH3 is 1. The molecule has 6 heteroatoms. The molecule has 0 saturated heterocycles. The first kappa shape index (κ1) is 15.1. The molecule has 2 aromatic rings. The number of anilines is 1. The Hall–Kier alpha value is -2.27. The summed E-state index contributed by atoms with van der Waals surface area (Å²) in [5, 5.41) is 14.6. The second kappa shape index (κ2) is 6.45. The Bertz CT molecular complexity index is 674. The van der Waals surface area contributed by atoms with E-state index in [-0.39, 0.29) is 12.2 Å². The van der Waals surface area contributed by atoms with Crippen LogP contribution >= 0.6 is 11.6 Å². The molecule has 0 heterocycles. The summed E-state index contributed by atoms with van der Waals surface area (Å²) in [7, 11) is 1.61. The predicted molar refractivity (Wildman–Crippen MR) is 83.2 cm³/mol. The number of benzene rings is 2. The Balaban J connectivity index is 2.22. The average Bonchev–Trinajstić information content (AvgIpc) is 2.46. The van der Waals surface area contributed by atoms with Gasteiger partial charge in [-0.05, 0) is 36.8 Å². The molecule has 0 aliphatic heterocycles. The molecular formula is C15H15ClN2O3. The zero-order valence-electron chi connectivity index (χ0n) is 11.7. The van der Waals surface area contributed by atoms with Gasteiger partial charge in [0, 0.05) is 18.3 Å². The Labute approximate surface area is 127 Å². The van der Waals surface area contributed by atoms with Crippen LogP contribution in [-0.4, -0.2) is 12.0 Å². The minimum absolute atomic E-state index is 0.0150. The summed E-state index contributed by atoms with van der Waals surface area (Å²) in [6.07, 6.45) is 0. The van der Waals surface area contributed by atoms with Crippen LogP contribution in [0.5, 0.6) is 5.75 Å². The Morgan fingerprint density at radius 1 is 1.33 bits per heavy atom. The van der Waals surface area contributed by atoms with Crippen LogP contribution in [-0.2, 0) is 6.54 Å². The van der Waals surface area contributed by atoms with Gasteiger partial charge in [-0.2, -0.15) is 0 Å². The summed E-state index contributed by atoms with van der Waals surface area (Å²) in [5.74, 6) is 0.766. The second-order valence-electron chi connectivity index (χ2n) is 4.53. The van der Waals surface area contributed by atoms with Gasteiger partial charge in [0.25, 0.3) is 5.69 Å². The number of nitro benzene ring substituents is 1. The van der Waals surface area contributed by atoms with E-state index in [1.165, 1.54) is 6.07 Å². The summed E-state index contributed by atoms with van der Waals surface area (Å²) in [6.45, 7) is 2.22. The number of nitrogens with one attached hydrogen (secondary N) is 1. The van der Waals surface area contributed by atoms with Gasteiger partial charge in [-0.3, -0.25) is 10.1 Å². The second-order valence-corrected chi connectivity index (χ2v) is 4.94. The number of ether oxygens (including phenoxy) is 1. The van der Waals surface area contributed by atoms with Gasteiger partial charge < -0.3 is 10.1 Å². The largest absolute Gasteiger partial charge is 0.497 e. The lowest BCUT2D eigenvalue weighted by Gasteiger charge is -2.12. The van der Waals surface area contributed by atoms with E-state index in [4.69, 9.17) is 16.3 Å². The molecule has 0 saturated carbocycles. The lowest BCUT2D eigenvalue weighted by Crippen LogP contribution is -2.05. The molecule has 21 heavy (non-hydrogen) atoms. The normalized spacial score (nSPS) is 10.2.